The largest absolute Gasteiger partial charge is 0.512 e. The van der Waals surface area contributed by atoms with E-state index in [1.807, 2.05) is 6.08 Å². The van der Waals surface area contributed by atoms with Crippen LogP contribution in [0.25, 0.3) is 0 Å². The molecule has 0 radical (unpaired) electrons. The summed E-state index contributed by atoms with van der Waals surface area (Å²) in [6.07, 6.45) is 10.3. The second-order valence-electron chi connectivity index (χ2n) is 4.64. The van der Waals surface area contributed by atoms with E-state index in [0.717, 1.165) is 25.7 Å². The van der Waals surface area contributed by atoms with Crippen molar-refractivity contribution in [2.45, 2.75) is 64.4 Å². The molecule has 0 spiro atoms. The summed E-state index contributed by atoms with van der Waals surface area (Å²) in [7, 11) is 0. The monoisotopic (exact) mass is 212 g/mol. The molecule has 1 saturated carbocycles. The fourth-order valence-electron chi connectivity index (χ4n) is 2.21. The van der Waals surface area contributed by atoms with Gasteiger partial charge in [-0.3, -0.25) is 0 Å². The SMILES string of the molecule is CCCCCC/C=C(\O)C1CCC(O)C1. The van der Waals surface area contributed by atoms with Gasteiger partial charge in [-0.2, -0.15) is 0 Å². The lowest BCUT2D eigenvalue weighted by molar-refractivity contribution is 0.175. The highest BCUT2D eigenvalue weighted by molar-refractivity contribution is 5.00. The van der Waals surface area contributed by atoms with Gasteiger partial charge in [-0.1, -0.05) is 26.2 Å². The summed E-state index contributed by atoms with van der Waals surface area (Å²) in [6, 6.07) is 0. The Hall–Kier alpha value is -0.500. The Balaban J connectivity index is 2.15. The van der Waals surface area contributed by atoms with Crippen LogP contribution in [0.1, 0.15) is 58.3 Å². The van der Waals surface area contributed by atoms with Crippen LogP contribution >= 0.6 is 0 Å². The molecule has 88 valence electrons. The number of hydrogen-bond acceptors (Lipinski definition) is 2. The topological polar surface area (TPSA) is 40.5 Å². The van der Waals surface area contributed by atoms with Gasteiger partial charge >= 0.3 is 0 Å². The molecule has 0 heterocycles. The van der Waals surface area contributed by atoms with E-state index in [1.54, 1.807) is 0 Å². The number of rotatable bonds is 6. The van der Waals surface area contributed by atoms with Gasteiger partial charge in [0.15, 0.2) is 0 Å². The van der Waals surface area contributed by atoms with Crippen molar-refractivity contribution in [2.24, 2.45) is 5.92 Å². The molecule has 2 nitrogen and oxygen atoms in total. The highest BCUT2D eigenvalue weighted by Crippen LogP contribution is 2.30. The molecule has 0 saturated heterocycles. The second kappa shape index (κ2) is 6.89. The van der Waals surface area contributed by atoms with E-state index in [-0.39, 0.29) is 12.0 Å². The van der Waals surface area contributed by atoms with Crippen LogP contribution in [-0.4, -0.2) is 16.3 Å². The average Bonchev–Trinajstić information content (AvgIpc) is 2.64. The van der Waals surface area contributed by atoms with E-state index in [9.17, 15) is 10.2 Å². The molecule has 0 aromatic rings. The first-order valence-electron chi connectivity index (χ1n) is 6.31. The lowest BCUT2D eigenvalue weighted by Crippen LogP contribution is -2.02. The average molecular weight is 212 g/mol. The molecule has 2 heteroatoms. The van der Waals surface area contributed by atoms with Crippen LogP contribution < -0.4 is 0 Å². The highest BCUT2D eigenvalue weighted by Gasteiger charge is 2.25. The number of aliphatic hydroxyl groups excluding tert-OH is 2. The third-order valence-electron chi connectivity index (χ3n) is 3.23. The van der Waals surface area contributed by atoms with Crippen LogP contribution in [-0.2, 0) is 0 Å². The predicted octanol–water partition coefficient (Wildman–Crippen LogP) is 3.56. The van der Waals surface area contributed by atoms with Crippen LogP contribution in [0.2, 0.25) is 0 Å². The van der Waals surface area contributed by atoms with Gasteiger partial charge in [-0.15, -0.1) is 0 Å². The molecular weight excluding hydrogens is 188 g/mol. The number of unbranched alkanes of at least 4 members (excludes halogenated alkanes) is 4. The Labute approximate surface area is 93.0 Å². The minimum atomic E-state index is -0.189. The predicted molar refractivity (Wildman–Crippen MR) is 62.8 cm³/mol. The minimum Gasteiger partial charge on any atom is -0.512 e. The Morgan fingerprint density at radius 3 is 2.67 bits per heavy atom. The molecule has 0 aliphatic heterocycles. The Kier molecular flexibility index (Phi) is 5.77. The summed E-state index contributed by atoms with van der Waals surface area (Å²) in [5.41, 5.74) is 0. The van der Waals surface area contributed by atoms with Crippen molar-refractivity contribution < 1.29 is 10.2 Å². The van der Waals surface area contributed by atoms with Crippen LogP contribution in [0.15, 0.2) is 11.8 Å². The zero-order chi connectivity index (χ0) is 11.1. The van der Waals surface area contributed by atoms with Crippen LogP contribution in [0, 0.1) is 5.92 Å². The summed E-state index contributed by atoms with van der Waals surface area (Å²) < 4.78 is 0. The molecule has 1 fully saturated rings. The van der Waals surface area contributed by atoms with E-state index in [0.29, 0.717) is 5.76 Å². The lowest BCUT2D eigenvalue weighted by Gasteiger charge is -2.08. The molecule has 1 aliphatic rings. The maximum atomic E-state index is 9.77. The number of allylic oxidation sites excluding steroid dienone is 2. The van der Waals surface area contributed by atoms with Crippen LogP contribution in [0.4, 0.5) is 0 Å². The molecule has 1 aliphatic carbocycles. The second-order valence-corrected chi connectivity index (χ2v) is 4.64. The number of aliphatic hydroxyl groups is 2. The van der Waals surface area contributed by atoms with Gasteiger partial charge in [0.1, 0.15) is 0 Å². The Morgan fingerprint density at radius 2 is 2.07 bits per heavy atom. The Bertz CT molecular complexity index is 199. The molecular formula is C13H24O2. The summed E-state index contributed by atoms with van der Waals surface area (Å²) in [4.78, 5) is 0. The van der Waals surface area contributed by atoms with Crippen molar-refractivity contribution in [1.29, 1.82) is 0 Å². The maximum absolute atomic E-state index is 9.77. The quantitative estimate of drug-likeness (QED) is 0.522. The van der Waals surface area contributed by atoms with Crippen molar-refractivity contribution in [1.82, 2.24) is 0 Å². The standard InChI is InChI=1S/C13H24O2/c1-2-3-4-5-6-7-13(15)11-8-9-12(14)10-11/h7,11-12,14-15H,2-6,8-10H2,1H3/b13-7-. The molecule has 1 rings (SSSR count). The first-order valence-corrected chi connectivity index (χ1v) is 6.31. The van der Waals surface area contributed by atoms with Gasteiger partial charge in [-0.05, 0) is 38.2 Å². The third-order valence-corrected chi connectivity index (χ3v) is 3.23. The first-order chi connectivity index (χ1) is 7.24. The van der Waals surface area contributed by atoms with Crippen molar-refractivity contribution >= 4 is 0 Å². The molecule has 0 bridgehead atoms. The smallest absolute Gasteiger partial charge is 0.0914 e. The van der Waals surface area contributed by atoms with Crippen molar-refractivity contribution in [3.8, 4) is 0 Å². The van der Waals surface area contributed by atoms with E-state index in [4.69, 9.17) is 0 Å². The summed E-state index contributed by atoms with van der Waals surface area (Å²) in [6.45, 7) is 2.20. The molecule has 2 N–H and O–H groups in total. The van der Waals surface area contributed by atoms with Crippen molar-refractivity contribution in [3.63, 3.8) is 0 Å². The van der Waals surface area contributed by atoms with E-state index in [1.165, 1.54) is 25.7 Å². The summed E-state index contributed by atoms with van der Waals surface area (Å²) in [5, 5.41) is 19.1. The van der Waals surface area contributed by atoms with Crippen LogP contribution in [0.3, 0.4) is 0 Å². The fourth-order valence-corrected chi connectivity index (χ4v) is 2.21. The molecule has 0 aromatic carbocycles. The fraction of sp³-hybridized carbons (Fsp3) is 0.846. The summed E-state index contributed by atoms with van der Waals surface area (Å²) in [5.74, 6) is 0.745. The first kappa shape index (κ1) is 12.6. The molecule has 15 heavy (non-hydrogen) atoms. The molecule has 2 atom stereocenters. The zero-order valence-electron chi connectivity index (χ0n) is 9.78. The highest BCUT2D eigenvalue weighted by atomic mass is 16.3. The van der Waals surface area contributed by atoms with E-state index < -0.39 is 0 Å². The number of hydrogen-bond donors (Lipinski definition) is 2. The normalized spacial score (nSPS) is 27.2. The van der Waals surface area contributed by atoms with Gasteiger partial charge in [0.05, 0.1) is 11.9 Å². The minimum absolute atomic E-state index is 0.189. The third kappa shape index (κ3) is 4.70. The van der Waals surface area contributed by atoms with Gasteiger partial charge in [-0.25, -0.2) is 0 Å². The Morgan fingerprint density at radius 1 is 1.27 bits per heavy atom. The zero-order valence-corrected chi connectivity index (χ0v) is 9.78. The van der Waals surface area contributed by atoms with E-state index in [2.05, 4.69) is 6.92 Å². The van der Waals surface area contributed by atoms with Gasteiger partial charge in [0.2, 0.25) is 0 Å². The molecule has 0 amide bonds. The van der Waals surface area contributed by atoms with Gasteiger partial charge in [0, 0.05) is 5.92 Å². The lowest BCUT2D eigenvalue weighted by atomic mass is 10.0. The van der Waals surface area contributed by atoms with Crippen molar-refractivity contribution in [3.05, 3.63) is 11.8 Å². The van der Waals surface area contributed by atoms with E-state index >= 15 is 0 Å². The van der Waals surface area contributed by atoms with Gasteiger partial charge < -0.3 is 10.2 Å². The van der Waals surface area contributed by atoms with Crippen LogP contribution in [0.5, 0.6) is 0 Å². The summed E-state index contributed by atoms with van der Waals surface area (Å²) >= 11 is 0. The molecule has 0 aromatic heterocycles. The molecule has 2 unspecified atom stereocenters. The van der Waals surface area contributed by atoms with Crippen molar-refractivity contribution in [2.75, 3.05) is 0 Å². The maximum Gasteiger partial charge on any atom is 0.0914 e. The van der Waals surface area contributed by atoms with Gasteiger partial charge in [0.25, 0.3) is 0 Å².